The number of rotatable bonds is 4. The third kappa shape index (κ3) is 4.30. The van der Waals surface area contributed by atoms with Gasteiger partial charge in [0.15, 0.2) is 0 Å². The quantitative estimate of drug-likeness (QED) is 0.598. The Kier molecular flexibility index (Phi) is 6.14. The minimum atomic E-state index is -0.361. The van der Waals surface area contributed by atoms with E-state index in [4.69, 9.17) is 0 Å². The van der Waals surface area contributed by atoms with Crippen LogP contribution in [0.5, 0.6) is 0 Å². The fourth-order valence-electron chi connectivity index (χ4n) is 4.12. The van der Waals surface area contributed by atoms with E-state index in [2.05, 4.69) is 0 Å². The van der Waals surface area contributed by atoms with Gasteiger partial charge in [-0.2, -0.15) is 0 Å². The van der Waals surface area contributed by atoms with Gasteiger partial charge in [-0.15, -0.1) is 0 Å². The summed E-state index contributed by atoms with van der Waals surface area (Å²) < 4.78 is 13.5. The summed E-state index contributed by atoms with van der Waals surface area (Å²) in [5, 5.41) is 0. The first-order chi connectivity index (χ1) is 14.1. The summed E-state index contributed by atoms with van der Waals surface area (Å²) in [6.07, 6.45) is 7.31. The molecule has 0 N–H and O–H groups in total. The molecule has 2 aromatic carbocycles. The van der Waals surface area contributed by atoms with Crippen molar-refractivity contribution in [2.75, 3.05) is 0 Å². The van der Waals surface area contributed by atoms with Crippen LogP contribution in [0.2, 0.25) is 0 Å². The van der Waals surface area contributed by atoms with E-state index in [-0.39, 0.29) is 23.7 Å². The smallest absolute Gasteiger partial charge is 0.268 e. The molecule has 1 heterocycles. The van der Waals surface area contributed by atoms with E-state index in [1.54, 1.807) is 12.1 Å². The molecule has 5 heteroatoms. The van der Waals surface area contributed by atoms with Crippen LogP contribution in [0, 0.1) is 5.82 Å². The van der Waals surface area contributed by atoms with E-state index in [0.29, 0.717) is 16.0 Å². The van der Waals surface area contributed by atoms with Gasteiger partial charge in [0.2, 0.25) is 0 Å². The van der Waals surface area contributed by atoms with Gasteiger partial charge in [0, 0.05) is 10.9 Å². The molecule has 3 nitrogen and oxygen atoms in total. The Bertz CT molecular complexity index is 916. The van der Waals surface area contributed by atoms with Gasteiger partial charge in [0.25, 0.3) is 11.8 Å². The van der Waals surface area contributed by atoms with Crippen molar-refractivity contribution >= 4 is 29.1 Å². The second kappa shape index (κ2) is 8.95. The van der Waals surface area contributed by atoms with Gasteiger partial charge in [0.05, 0.1) is 10.5 Å². The number of thioether (sulfide) groups is 1. The van der Waals surface area contributed by atoms with E-state index in [0.717, 1.165) is 43.4 Å². The average molecular weight is 410 g/mol. The molecule has 0 aromatic heterocycles. The van der Waals surface area contributed by atoms with Gasteiger partial charge in [-0.3, -0.25) is 14.5 Å². The zero-order valence-electron chi connectivity index (χ0n) is 16.3. The summed E-state index contributed by atoms with van der Waals surface area (Å²) in [5.74, 6) is -0.820. The number of halogens is 1. The van der Waals surface area contributed by atoms with E-state index < -0.39 is 0 Å². The van der Waals surface area contributed by atoms with Crippen LogP contribution in [0.4, 0.5) is 4.39 Å². The normalized spacial score (nSPS) is 18.9. The van der Waals surface area contributed by atoms with Crippen LogP contribution in [-0.4, -0.2) is 22.8 Å². The molecule has 4 rings (SSSR count). The highest BCUT2D eigenvalue weighted by Gasteiger charge is 2.42. The van der Waals surface area contributed by atoms with Crippen molar-refractivity contribution in [3.05, 3.63) is 70.9 Å². The van der Waals surface area contributed by atoms with Crippen molar-refractivity contribution in [1.82, 2.24) is 4.90 Å². The Morgan fingerprint density at radius 3 is 2.07 bits per heavy atom. The van der Waals surface area contributed by atoms with Crippen LogP contribution in [0.1, 0.15) is 50.5 Å². The molecule has 2 aromatic rings. The number of hydrogen-bond donors (Lipinski definition) is 0. The Morgan fingerprint density at radius 2 is 1.41 bits per heavy atom. The molecule has 2 amide bonds. The number of carbonyl (C=O) groups excluding carboxylic acids is 2. The number of carbonyl (C=O) groups is 2. The van der Waals surface area contributed by atoms with Crippen LogP contribution < -0.4 is 0 Å². The zero-order chi connectivity index (χ0) is 20.2. The predicted molar refractivity (Wildman–Crippen MR) is 114 cm³/mol. The SMILES string of the molecule is O=C1C(Sc2ccccc2)=C(c2ccc(F)cc2)C(=O)N1C1CCCCCCC1. The number of nitrogens with zero attached hydrogens (tertiary/aromatic N) is 1. The van der Waals surface area contributed by atoms with Crippen molar-refractivity contribution in [3.63, 3.8) is 0 Å². The Balaban J connectivity index is 1.71. The lowest BCUT2D eigenvalue weighted by atomic mass is 9.95. The summed E-state index contributed by atoms with van der Waals surface area (Å²) in [7, 11) is 0. The lowest BCUT2D eigenvalue weighted by molar-refractivity contribution is -0.139. The number of benzene rings is 2. The lowest BCUT2D eigenvalue weighted by Crippen LogP contribution is -2.41. The van der Waals surface area contributed by atoms with Crippen molar-refractivity contribution < 1.29 is 14.0 Å². The van der Waals surface area contributed by atoms with E-state index in [1.165, 1.54) is 35.2 Å². The second-order valence-corrected chi connectivity index (χ2v) is 8.69. The third-order valence-corrected chi connectivity index (χ3v) is 6.70. The minimum absolute atomic E-state index is 0.0559. The van der Waals surface area contributed by atoms with Crippen LogP contribution in [0.3, 0.4) is 0 Å². The van der Waals surface area contributed by atoms with Crippen molar-refractivity contribution in [2.24, 2.45) is 0 Å². The Hall–Kier alpha value is -2.40. The van der Waals surface area contributed by atoms with Gasteiger partial charge in [-0.25, -0.2) is 4.39 Å². The molecule has 1 aliphatic carbocycles. The molecule has 0 saturated heterocycles. The molecule has 0 unspecified atom stereocenters. The standard InChI is InChI=1S/C24H24FNO2S/c25-18-15-13-17(14-16-18)21-22(29-20-11-7-4-8-12-20)24(28)26(23(21)27)19-9-5-2-1-3-6-10-19/h4,7-8,11-16,19H,1-3,5-6,9-10H2. The highest BCUT2D eigenvalue weighted by molar-refractivity contribution is 8.04. The summed E-state index contributed by atoms with van der Waals surface area (Å²) in [4.78, 5) is 29.7. The van der Waals surface area contributed by atoms with Gasteiger partial charge >= 0.3 is 0 Å². The maximum absolute atomic E-state index is 13.5. The maximum atomic E-state index is 13.5. The molecule has 1 aliphatic heterocycles. The first kappa shape index (κ1) is 19.9. The zero-order valence-corrected chi connectivity index (χ0v) is 17.1. The fraction of sp³-hybridized carbons (Fsp3) is 0.333. The number of hydrogen-bond acceptors (Lipinski definition) is 3. The summed E-state index contributed by atoms with van der Waals surface area (Å²) >= 11 is 1.32. The summed E-state index contributed by atoms with van der Waals surface area (Å²) in [5.41, 5.74) is 0.988. The van der Waals surface area contributed by atoms with Gasteiger partial charge in [0.1, 0.15) is 5.82 Å². The lowest BCUT2D eigenvalue weighted by Gasteiger charge is -2.28. The van der Waals surface area contributed by atoms with Crippen molar-refractivity contribution in [3.8, 4) is 0 Å². The minimum Gasteiger partial charge on any atom is -0.271 e. The average Bonchev–Trinajstić information content (AvgIpc) is 2.94. The van der Waals surface area contributed by atoms with E-state index in [1.807, 2.05) is 30.3 Å². The first-order valence-corrected chi connectivity index (χ1v) is 11.1. The van der Waals surface area contributed by atoms with Crippen LogP contribution in [0.15, 0.2) is 64.4 Å². The molecule has 1 saturated carbocycles. The van der Waals surface area contributed by atoms with Crippen LogP contribution in [0.25, 0.3) is 5.57 Å². The predicted octanol–water partition coefficient (Wildman–Crippen LogP) is 5.81. The molecule has 29 heavy (non-hydrogen) atoms. The molecule has 1 fully saturated rings. The van der Waals surface area contributed by atoms with Crippen molar-refractivity contribution in [1.29, 1.82) is 0 Å². The van der Waals surface area contributed by atoms with Crippen molar-refractivity contribution in [2.45, 2.75) is 55.9 Å². The highest BCUT2D eigenvalue weighted by Crippen LogP contribution is 2.41. The van der Waals surface area contributed by atoms with Crippen LogP contribution >= 0.6 is 11.8 Å². The summed E-state index contributed by atoms with van der Waals surface area (Å²) in [6, 6.07) is 15.4. The Labute approximate surface area is 175 Å². The number of imide groups is 1. The Morgan fingerprint density at radius 1 is 0.793 bits per heavy atom. The topological polar surface area (TPSA) is 37.4 Å². The molecular formula is C24H24FNO2S. The molecular weight excluding hydrogens is 385 g/mol. The van der Waals surface area contributed by atoms with Gasteiger partial charge in [-0.1, -0.05) is 74.2 Å². The van der Waals surface area contributed by atoms with E-state index in [9.17, 15) is 14.0 Å². The second-order valence-electron chi connectivity index (χ2n) is 7.61. The van der Waals surface area contributed by atoms with Crippen LogP contribution in [-0.2, 0) is 9.59 Å². The number of amides is 2. The van der Waals surface area contributed by atoms with Gasteiger partial charge in [-0.05, 0) is 42.7 Å². The third-order valence-electron chi connectivity index (χ3n) is 5.61. The van der Waals surface area contributed by atoms with E-state index >= 15 is 0 Å². The monoisotopic (exact) mass is 409 g/mol. The van der Waals surface area contributed by atoms with Gasteiger partial charge < -0.3 is 0 Å². The molecule has 0 atom stereocenters. The largest absolute Gasteiger partial charge is 0.271 e. The molecule has 0 spiro atoms. The maximum Gasteiger partial charge on any atom is 0.268 e. The highest BCUT2D eigenvalue weighted by atomic mass is 32.2. The molecule has 150 valence electrons. The molecule has 0 bridgehead atoms. The molecule has 0 radical (unpaired) electrons. The summed E-state index contributed by atoms with van der Waals surface area (Å²) in [6.45, 7) is 0. The first-order valence-electron chi connectivity index (χ1n) is 10.3. The fourth-order valence-corrected chi connectivity index (χ4v) is 5.14. The molecule has 2 aliphatic rings.